The van der Waals surface area contributed by atoms with Gasteiger partial charge >= 0.3 is 5.97 Å². The molecule has 1 aliphatic rings. The van der Waals surface area contributed by atoms with Crippen molar-refractivity contribution in [2.75, 3.05) is 32.4 Å². The number of para-hydroxylation sites is 1. The van der Waals surface area contributed by atoms with Gasteiger partial charge in [0.05, 0.1) is 18.0 Å². The molecule has 2 atom stereocenters. The Labute approximate surface area is 241 Å². The fourth-order valence-electron chi connectivity index (χ4n) is 4.63. The number of phenolic OH excluding ortho intramolecular Hbond substituents is 1. The van der Waals surface area contributed by atoms with E-state index in [9.17, 15) is 23.1 Å². The van der Waals surface area contributed by atoms with Crippen LogP contribution in [-0.4, -0.2) is 58.5 Å². The van der Waals surface area contributed by atoms with E-state index in [-0.39, 0.29) is 40.3 Å². The van der Waals surface area contributed by atoms with Gasteiger partial charge in [0, 0.05) is 30.1 Å². The minimum Gasteiger partial charge on any atom is -0.508 e. The lowest BCUT2D eigenvalue weighted by Crippen LogP contribution is -2.59. The Morgan fingerprint density at radius 3 is 2.62 bits per heavy atom. The van der Waals surface area contributed by atoms with Crippen LogP contribution in [0.15, 0.2) is 67.1 Å². The molecule has 6 N–H and O–H groups in total. The molecule has 0 aliphatic carbocycles. The quantitative estimate of drug-likeness (QED) is 0.149. The predicted molar refractivity (Wildman–Crippen MR) is 157 cm³/mol. The van der Waals surface area contributed by atoms with E-state index in [4.69, 9.17) is 10.5 Å². The monoisotopic (exact) mass is 592 g/mol. The number of hydrogen-bond acceptors (Lipinski definition) is 11. The van der Waals surface area contributed by atoms with E-state index in [0.29, 0.717) is 11.4 Å². The molecule has 1 aliphatic heterocycles. The molecular weight excluding hydrogens is 564 g/mol. The van der Waals surface area contributed by atoms with E-state index >= 15 is 0 Å². The highest BCUT2D eigenvalue weighted by molar-refractivity contribution is 7.92. The van der Waals surface area contributed by atoms with Crippen LogP contribution in [0.25, 0.3) is 0 Å². The second kappa shape index (κ2) is 10.9. The van der Waals surface area contributed by atoms with Crippen molar-refractivity contribution in [1.82, 2.24) is 14.6 Å². The Morgan fingerprint density at radius 1 is 1.17 bits per heavy atom. The van der Waals surface area contributed by atoms with Crippen molar-refractivity contribution >= 4 is 44.9 Å². The Kier molecular flexibility index (Phi) is 7.34. The molecule has 0 bridgehead atoms. The lowest BCUT2D eigenvalue weighted by Gasteiger charge is -2.41. The van der Waals surface area contributed by atoms with Gasteiger partial charge in [-0.15, -0.1) is 0 Å². The molecule has 0 radical (unpaired) electrons. The molecule has 1 unspecified atom stereocenters. The van der Waals surface area contributed by atoms with E-state index in [1.54, 1.807) is 22.7 Å². The van der Waals surface area contributed by atoms with Gasteiger partial charge in [-0.05, 0) is 37.6 Å². The fraction of sp³-hybridized carbons (Fsp3) is 0.185. The number of benzene rings is 2. The zero-order valence-electron chi connectivity index (χ0n) is 22.8. The highest BCUT2D eigenvalue weighted by atomic mass is 32.2. The first-order chi connectivity index (χ1) is 19.9. The number of anilines is 4. The topological polar surface area (TPSA) is 194 Å². The van der Waals surface area contributed by atoms with Gasteiger partial charge in [0.25, 0.3) is 5.91 Å². The fourth-order valence-corrected chi connectivity index (χ4v) is 5.18. The highest BCUT2D eigenvalue weighted by Gasteiger charge is 2.38. The number of esters is 1. The maximum absolute atomic E-state index is 13.7. The molecular formula is C27H28N8O6S. The Morgan fingerprint density at radius 2 is 1.90 bits per heavy atom. The largest absolute Gasteiger partial charge is 0.508 e. The SMILES string of the molecule is Cc1ccn2c1C(=O)N(c1ccccc1)C([C@H](C)Nc1ncnc(N)c1C(=O)Oc1cc(O)cc(NS(C)(=O)=O)c1)N2. The summed E-state index contributed by atoms with van der Waals surface area (Å²) >= 11 is 0. The Bertz CT molecular complexity index is 1780. The lowest BCUT2D eigenvalue weighted by atomic mass is 10.1. The number of aromatic hydroxyl groups is 1. The third kappa shape index (κ3) is 5.76. The molecule has 0 saturated heterocycles. The Hall–Kier alpha value is -5.31. The van der Waals surface area contributed by atoms with Crippen molar-refractivity contribution in [3.05, 3.63) is 83.9 Å². The van der Waals surface area contributed by atoms with Crippen LogP contribution in [0.1, 0.15) is 33.3 Å². The first kappa shape index (κ1) is 28.2. The molecule has 4 aromatic rings. The standard InChI is InChI=1S/C27H28N8O6S/c1-15-9-10-34-22(15)26(37)35(18-7-5-4-6-8-18)25(32-34)16(2)31-24-21(23(28)29-14-30-24)27(38)41-20-12-17(11-19(36)13-20)33-42(3,39)40/h4-14,16,25,32-33,36H,1-3H3,(H3,28,29,30,31)/t16-,25?/m0/s1. The molecule has 3 heterocycles. The van der Waals surface area contributed by atoms with Crippen LogP contribution in [0.5, 0.6) is 11.5 Å². The zero-order valence-corrected chi connectivity index (χ0v) is 23.6. The maximum Gasteiger partial charge on any atom is 0.351 e. The van der Waals surface area contributed by atoms with Crippen molar-refractivity contribution < 1.29 is 27.9 Å². The number of aryl methyl sites for hydroxylation is 1. The molecule has 0 fully saturated rings. The van der Waals surface area contributed by atoms with Crippen LogP contribution in [-0.2, 0) is 10.0 Å². The Balaban J connectivity index is 1.45. The number of rotatable bonds is 8. The van der Waals surface area contributed by atoms with Crippen molar-refractivity contribution in [3.8, 4) is 11.5 Å². The molecule has 0 spiro atoms. The van der Waals surface area contributed by atoms with Crippen molar-refractivity contribution in [2.45, 2.75) is 26.1 Å². The number of nitrogens with two attached hydrogens (primary N) is 1. The summed E-state index contributed by atoms with van der Waals surface area (Å²) in [6.45, 7) is 3.65. The highest BCUT2D eigenvalue weighted by Crippen LogP contribution is 2.30. The van der Waals surface area contributed by atoms with Crippen LogP contribution >= 0.6 is 0 Å². The van der Waals surface area contributed by atoms with Crippen molar-refractivity contribution in [2.24, 2.45) is 0 Å². The minimum absolute atomic E-state index is 0.0155. The van der Waals surface area contributed by atoms with Gasteiger partial charge in [-0.1, -0.05) is 18.2 Å². The second-order valence-electron chi connectivity index (χ2n) is 9.70. The molecule has 15 heteroatoms. The van der Waals surface area contributed by atoms with Gasteiger partial charge in [0.2, 0.25) is 10.0 Å². The molecule has 218 valence electrons. The van der Waals surface area contributed by atoms with E-state index < -0.39 is 28.2 Å². The molecule has 2 aromatic heterocycles. The summed E-state index contributed by atoms with van der Waals surface area (Å²) < 4.78 is 32.5. The number of phenols is 1. The van der Waals surface area contributed by atoms with Crippen LogP contribution in [0.2, 0.25) is 0 Å². The molecule has 5 rings (SSSR count). The summed E-state index contributed by atoms with van der Waals surface area (Å²) in [4.78, 5) is 36.7. The van der Waals surface area contributed by atoms with E-state index in [1.165, 1.54) is 12.4 Å². The van der Waals surface area contributed by atoms with Crippen LogP contribution < -0.4 is 30.8 Å². The summed E-state index contributed by atoms with van der Waals surface area (Å²) in [5, 5.41) is 13.2. The van der Waals surface area contributed by atoms with E-state index in [0.717, 1.165) is 24.0 Å². The van der Waals surface area contributed by atoms with Crippen LogP contribution in [0.4, 0.5) is 23.0 Å². The average molecular weight is 593 g/mol. The number of aromatic nitrogens is 3. The first-order valence-corrected chi connectivity index (χ1v) is 14.5. The number of amides is 1. The molecule has 1 amide bonds. The number of nitrogens with one attached hydrogen (secondary N) is 3. The number of fused-ring (bicyclic) bond motifs is 1. The van der Waals surface area contributed by atoms with Crippen LogP contribution in [0, 0.1) is 6.92 Å². The van der Waals surface area contributed by atoms with Gasteiger partial charge in [-0.25, -0.2) is 23.2 Å². The number of ether oxygens (including phenoxy) is 1. The summed E-state index contributed by atoms with van der Waals surface area (Å²) in [7, 11) is -3.66. The summed E-state index contributed by atoms with van der Waals surface area (Å²) in [6, 6.07) is 13.9. The minimum atomic E-state index is -3.66. The zero-order chi connectivity index (χ0) is 30.2. The predicted octanol–water partition coefficient (Wildman–Crippen LogP) is 2.50. The van der Waals surface area contributed by atoms with Gasteiger partial charge < -0.3 is 26.3 Å². The first-order valence-electron chi connectivity index (χ1n) is 12.7. The molecule has 42 heavy (non-hydrogen) atoms. The smallest absolute Gasteiger partial charge is 0.351 e. The average Bonchev–Trinajstić information content (AvgIpc) is 3.28. The van der Waals surface area contributed by atoms with Gasteiger partial charge in [-0.3, -0.25) is 19.1 Å². The summed E-state index contributed by atoms with van der Waals surface area (Å²) in [5.74, 6) is -1.83. The van der Waals surface area contributed by atoms with Crippen molar-refractivity contribution in [3.63, 3.8) is 0 Å². The van der Waals surface area contributed by atoms with E-state index in [2.05, 4.69) is 25.4 Å². The van der Waals surface area contributed by atoms with Crippen molar-refractivity contribution in [1.29, 1.82) is 0 Å². The number of carbonyl (C=O) groups excluding carboxylic acids is 2. The molecule has 14 nitrogen and oxygen atoms in total. The normalized spacial score (nSPS) is 15.4. The third-order valence-corrected chi connectivity index (χ3v) is 7.02. The molecule has 0 saturated carbocycles. The van der Waals surface area contributed by atoms with E-state index in [1.807, 2.05) is 43.3 Å². The van der Waals surface area contributed by atoms with Gasteiger partial charge in [-0.2, -0.15) is 0 Å². The summed E-state index contributed by atoms with van der Waals surface area (Å²) in [5.41, 5.74) is 11.1. The van der Waals surface area contributed by atoms with Gasteiger partial charge in [0.15, 0.2) is 0 Å². The number of carbonyl (C=O) groups is 2. The maximum atomic E-state index is 13.7. The lowest BCUT2D eigenvalue weighted by molar-refractivity contribution is 0.0735. The third-order valence-electron chi connectivity index (χ3n) is 6.42. The summed E-state index contributed by atoms with van der Waals surface area (Å²) in [6.07, 6.45) is 3.23. The number of sulfonamides is 1. The number of nitrogen functional groups attached to an aromatic ring is 1. The molecule has 2 aromatic carbocycles. The van der Waals surface area contributed by atoms with Gasteiger partial charge in [0.1, 0.15) is 46.9 Å². The number of nitrogens with zero attached hydrogens (tertiary/aromatic N) is 4. The van der Waals surface area contributed by atoms with Crippen LogP contribution in [0.3, 0.4) is 0 Å². The second-order valence-corrected chi connectivity index (χ2v) is 11.4. The number of hydrogen-bond donors (Lipinski definition) is 5.